The van der Waals surface area contributed by atoms with Crippen LogP contribution in [-0.4, -0.2) is 10.2 Å². The van der Waals surface area contributed by atoms with E-state index in [0.717, 1.165) is 18.2 Å². The van der Waals surface area contributed by atoms with Crippen LogP contribution in [0.4, 0.5) is 37.7 Å². The maximum atomic E-state index is 12.6. The summed E-state index contributed by atoms with van der Waals surface area (Å²) < 4.78 is 75.2. The van der Waals surface area contributed by atoms with Gasteiger partial charge in [-0.25, -0.2) is 0 Å². The highest BCUT2D eigenvalue weighted by Crippen LogP contribution is 2.34. The summed E-state index contributed by atoms with van der Waals surface area (Å²) in [5.74, 6) is 0. The van der Waals surface area contributed by atoms with E-state index in [1.54, 1.807) is 10.2 Å². The molecule has 0 aliphatic carbocycles. The third-order valence-corrected chi connectivity index (χ3v) is 2.48. The van der Waals surface area contributed by atoms with Gasteiger partial charge in [0.05, 0.1) is 11.3 Å². The van der Waals surface area contributed by atoms with Crippen molar-refractivity contribution >= 4 is 11.4 Å². The van der Waals surface area contributed by atoms with Gasteiger partial charge >= 0.3 is 12.4 Å². The zero-order valence-corrected chi connectivity index (χ0v) is 10.4. The van der Waals surface area contributed by atoms with Crippen molar-refractivity contribution in [3.8, 4) is 0 Å². The Kier molecular flexibility index (Phi) is 3.81. The Labute approximate surface area is 117 Å². The summed E-state index contributed by atoms with van der Waals surface area (Å²) in [4.78, 5) is 11.2. The molecule has 0 saturated heterocycles. The summed E-state index contributed by atoms with van der Waals surface area (Å²) in [7, 11) is 0. The van der Waals surface area contributed by atoms with Gasteiger partial charge in [-0.1, -0.05) is 6.07 Å². The van der Waals surface area contributed by atoms with Gasteiger partial charge in [0.1, 0.15) is 0 Å². The average molecular weight is 324 g/mol. The number of hydrogen-bond acceptors (Lipinski definition) is 3. The van der Waals surface area contributed by atoms with Crippen molar-refractivity contribution in [2.24, 2.45) is 10.2 Å². The molecule has 2 rings (SSSR count). The van der Waals surface area contributed by atoms with Crippen molar-refractivity contribution in [3.05, 3.63) is 45.9 Å². The molecule has 11 heteroatoms. The number of aromatic nitrogens is 2. The molecule has 0 atom stereocenters. The lowest BCUT2D eigenvalue weighted by molar-refractivity contribution is -0.140. The second kappa shape index (κ2) is 5.31. The van der Waals surface area contributed by atoms with E-state index >= 15 is 0 Å². The zero-order valence-electron chi connectivity index (χ0n) is 10.4. The SMILES string of the molecule is O=c1[nH][nH]c(C(F)(F)F)c1N=Nc1cccc(C(F)(F)F)c1. The van der Waals surface area contributed by atoms with Crippen molar-refractivity contribution in [3.63, 3.8) is 0 Å². The second-order valence-corrected chi connectivity index (χ2v) is 4.05. The number of hydrogen-bond donors (Lipinski definition) is 2. The Hall–Kier alpha value is -2.59. The highest BCUT2D eigenvalue weighted by Gasteiger charge is 2.37. The summed E-state index contributed by atoms with van der Waals surface area (Å²) in [6, 6.07) is 3.48. The first-order valence-corrected chi connectivity index (χ1v) is 5.56. The molecular weight excluding hydrogens is 318 g/mol. The van der Waals surface area contributed by atoms with E-state index in [2.05, 4.69) is 10.2 Å². The van der Waals surface area contributed by atoms with E-state index in [1.165, 1.54) is 0 Å². The fourth-order valence-electron chi connectivity index (χ4n) is 1.50. The monoisotopic (exact) mass is 324 g/mol. The number of nitrogens with zero attached hydrogens (tertiary/aromatic N) is 2. The van der Waals surface area contributed by atoms with Crippen LogP contribution >= 0.6 is 0 Å². The van der Waals surface area contributed by atoms with Crippen LogP contribution in [0.15, 0.2) is 39.3 Å². The predicted octanol–water partition coefficient (Wildman–Crippen LogP) is 4.16. The molecule has 0 radical (unpaired) electrons. The molecule has 2 N–H and O–H groups in total. The van der Waals surface area contributed by atoms with E-state index in [1.807, 2.05) is 0 Å². The molecule has 5 nitrogen and oxygen atoms in total. The number of rotatable bonds is 2. The predicted molar refractivity (Wildman–Crippen MR) is 62.0 cm³/mol. The topological polar surface area (TPSA) is 73.4 Å². The maximum absolute atomic E-state index is 12.6. The summed E-state index contributed by atoms with van der Waals surface area (Å²) in [6.07, 6.45) is -9.52. The van der Waals surface area contributed by atoms with Gasteiger partial charge in [0, 0.05) is 0 Å². The zero-order chi connectivity index (χ0) is 16.5. The minimum absolute atomic E-state index is 0.344. The summed E-state index contributed by atoms with van der Waals surface area (Å²) in [6.45, 7) is 0. The second-order valence-electron chi connectivity index (χ2n) is 4.05. The highest BCUT2D eigenvalue weighted by molar-refractivity contribution is 5.44. The van der Waals surface area contributed by atoms with Gasteiger partial charge < -0.3 is 0 Å². The minimum Gasteiger partial charge on any atom is -0.292 e. The molecular formula is C11H6F6N4O. The van der Waals surface area contributed by atoms with Crippen LogP contribution in [0.5, 0.6) is 0 Å². The first-order chi connectivity index (χ1) is 10.1. The lowest BCUT2D eigenvalue weighted by atomic mass is 10.2. The number of benzene rings is 1. The molecule has 1 aromatic heterocycles. The largest absolute Gasteiger partial charge is 0.435 e. The highest BCUT2D eigenvalue weighted by atomic mass is 19.4. The van der Waals surface area contributed by atoms with Gasteiger partial charge in [0.25, 0.3) is 5.56 Å². The number of alkyl halides is 6. The summed E-state index contributed by atoms with van der Waals surface area (Å²) in [5.41, 5.74) is -5.10. The molecule has 0 aliphatic heterocycles. The molecule has 0 spiro atoms. The Balaban J connectivity index is 2.38. The van der Waals surface area contributed by atoms with Crippen LogP contribution in [-0.2, 0) is 12.4 Å². The third kappa shape index (κ3) is 3.35. The molecule has 1 aromatic carbocycles. The lowest BCUT2D eigenvalue weighted by Gasteiger charge is -2.06. The first kappa shape index (κ1) is 15.8. The Morgan fingerprint density at radius 1 is 0.909 bits per heavy atom. The van der Waals surface area contributed by atoms with Gasteiger partial charge in [0.2, 0.25) is 0 Å². The number of halogens is 6. The smallest absolute Gasteiger partial charge is 0.292 e. The van der Waals surface area contributed by atoms with Gasteiger partial charge in [-0.05, 0) is 18.2 Å². The molecule has 0 fully saturated rings. The van der Waals surface area contributed by atoms with E-state index in [0.29, 0.717) is 6.07 Å². The van der Waals surface area contributed by atoms with Crippen LogP contribution in [0.1, 0.15) is 11.3 Å². The van der Waals surface area contributed by atoms with Crippen molar-refractivity contribution in [1.82, 2.24) is 10.2 Å². The van der Waals surface area contributed by atoms with E-state index in [4.69, 9.17) is 0 Å². The van der Waals surface area contributed by atoms with Crippen LogP contribution in [0.2, 0.25) is 0 Å². The van der Waals surface area contributed by atoms with E-state index in [-0.39, 0.29) is 5.69 Å². The number of nitrogens with one attached hydrogen (secondary N) is 2. The van der Waals surface area contributed by atoms with Gasteiger partial charge in [-0.3, -0.25) is 15.0 Å². The molecule has 0 amide bonds. The van der Waals surface area contributed by atoms with E-state index in [9.17, 15) is 31.1 Å². The Morgan fingerprint density at radius 3 is 2.18 bits per heavy atom. The molecule has 0 saturated carbocycles. The van der Waals surface area contributed by atoms with Crippen molar-refractivity contribution in [2.45, 2.75) is 12.4 Å². The molecule has 0 unspecified atom stereocenters. The third-order valence-electron chi connectivity index (χ3n) is 2.48. The quantitative estimate of drug-likeness (QED) is 0.632. The van der Waals surface area contributed by atoms with Crippen molar-refractivity contribution in [1.29, 1.82) is 0 Å². The van der Waals surface area contributed by atoms with E-state index < -0.39 is 34.9 Å². The maximum Gasteiger partial charge on any atom is 0.435 e. The van der Waals surface area contributed by atoms with Gasteiger partial charge in [-0.2, -0.15) is 31.5 Å². The molecule has 118 valence electrons. The summed E-state index contributed by atoms with van der Waals surface area (Å²) in [5, 5.41) is 9.60. The summed E-state index contributed by atoms with van der Waals surface area (Å²) >= 11 is 0. The Morgan fingerprint density at radius 2 is 1.59 bits per heavy atom. The Bertz CT molecular complexity index is 755. The number of H-pyrrole nitrogens is 2. The molecule has 22 heavy (non-hydrogen) atoms. The molecule has 1 heterocycles. The van der Waals surface area contributed by atoms with Crippen LogP contribution in [0.25, 0.3) is 0 Å². The fourth-order valence-corrected chi connectivity index (χ4v) is 1.50. The standard InChI is InChI=1S/C11H6F6N4O/c12-10(13,14)5-2-1-3-6(4-5)18-19-7-8(11(15,16)17)20-21-9(7)22/h1-4H,(H2,20,21,22). The lowest BCUT2D eigenvalue weighted by Crippen LogP contribution is -2.06. The van der Waals surface area contributed by atoms with Gasteiger partial charge in [-0.15, -0.1) is 5.11 Å². The average Bonchev–Trinajstić information content (AvgIpc) is 2.77. The van der Waals surface area contributed by atoms with Crippen molar-refractivity contribution in [2.75, 3.05) is 0 Å². The molecule has 2 aromatic rings. The van der Waals surface area contributed by atoms with Crippen LogP contribution < -0.4 is 5.56 Å². The van der Waals surface area contributed by atoms with Crippen LogP contribution in [0, 0.1) is 0 Å². The normalized spacial score (nSPS) is 13.0. The fraction of sp³-hybridized carbons (Fsp3) is 0.182. The first-order valence-electron chi connectivity index (χ1n) is 5.56. The van der Waals surface area contributed by atoms with Crippen LogP contribution in [0.3, 0.4) is 0 Å². The minimum atomic E-state index is -4.89. The number of azo groups is 1. The molecule has 0 bridgehead atoms. The van der Waals surface area contributed by atoms with Gasteiger partial charge in [0.15, 0.2) is 11.4 Å². The van der Waals surface area contributed by atoms with Crippen molar-refractivity contribution < 1.29 is 26.3 Å². The molecule has 0 aliphatic rings. The number of aromatic amines is 2.